The van der Waals surface area contributed by atoms with Gasteiger partial charge in [0.15, 0.2) is 0 Å². The lowest BCUT2D eigenvalue weighted by Gasteiger charge is -2.53. The van der Waals surface area contributed by atoms with E-state index in [-0.39, 0.29) is 17.5 Å². The largest absolute Gasteiger partial charge is 0.458 e. The number of hydrogen-bond donors (Lipinski definition) is 0. The Bertz CT molecular complexity index is 474. The summed E-state index contributed by atoms with van der Waals surface area (Å²) in [5.74, 6) is 1.15. The number of carbonyl (C=O) groups is 1. The van der Waals surface area contributed by atoms with Crippen LogP contribution in [0, 0.1) is 23.2 Å². The molecule has 0 spiro atoms. The van der Waals surface area contributed by atoms with Crippen molar-refractivity contribution < 1.29 is 9.53 Å². The van der Waals surface area contributed by atoms with Crippen molar-refractivity contribution in [3.63, 3.8) is 0 Å². The Kier molecular flexibility index (Phi) is 5.19. The smallest absolute Gasteiger partial charge is 0.333 e. The molecular formula is C20H32O2. The fourth-order valence-corrected chi connectivity index (χ4v) is 4.54. The molecule has 0 unspecified atom stereocenters. The van der Waals surface area contributed by atoms with Crippen LogP contribution in [0.4, 0.5) is 0 Å². The molecular weight excluding hydrogens is 272 g/mol. The molecule has 2 heteroatoms. The predicted molar refractivity (Wildman–Crippen MR) is 91.5 cm³/mol. The van der Waals surface area contributed by atoms with Crippen molar-refractivity contribution in [3.05, 3.63) is 23.8 Å². The minimum absolute atomic E-state index is 0.00560. The maximum Gasteiger partial charge on any atom is 0.333 e. The van der Waals surface area contributed by atoms with Gasteiger partial charge in [0.05, 0.1) is 0 Å². The second-order valence-electron chi connectivity index (χ2n) is 7.93. The number of rotatable bonds is 3. The van der Waals surface area contributed by atoms with Gasteiger partial charge in [-0.15, -0.1) is 0 Å². The summed E-state index contributed by atoms with van der Waals surface area (Å²) in [6.07, 6.45) is 7.77. The third-order valence-corrected chi connectivity index (χ3v) is 6.09. The van der Waals surface area contributed by atoms with Gasteiger partial charge in [-0.05, 0) is 63.2 Å². The first-order valence-electron chi connectivity index (χ1n) is 8.81. The minimum atomic E-state index is -0.152. The first kappa shape index (κ1) is 17.3. The molecule has 0 N–H and O–H groups in total. The lowest BCUT2D eigenvalue weighted by molar-refractivity contribution is -0.161. The summed E-state index contributed by atoms with van der Waals surface area (Å²) >= 11 is 0. The molecule has 4 atom stereocenters. The molecule has 2 aliphatic rings. The zero-order chi connectivity index (χ0) is 16.5. The monoisotopic (exact) mass is 304 g/mol. The van der Waals surface area contributed by atoms with E-state index in [1.54, 1.807) is 0 Å². The normalized spacial score (nSPS) is 36.2. The molecule has 2 aliphatic carbocycles. The van der Waals surface area contributed by atoms with Gasteiger partial charge < -0.3 is 4.74 Å². The summed E-state index contributed by atoms with van der Waals surface area (Å²) in [4.78, 5) is 12.4. The lowest BCUT2D eigenvalue weighted by Crippen LogP contribution is -2.51. The van der Waals surface area contributed by atoms with Crippen molar-refractivity contribution in [2.45, 2.75) is 72.8 Å². The zero-order valence-corrected chi connectivity index (χ0v) is 14.9. The van der Waals surface area contributed by atoms with Crippen LogP contribution in [0.15, 0.2) is 23.8 Å². The first-order chi connectivity index (χ1) is 10.3. The molecule has 0 aromatic heterocycles. The van der Waals surface area contributed by atoms with E-state index < -0.39 is 0 Å². The van der Waals surface area contributed by atoms with Crippen LogP contribution >= 0.6 is 0 Å². The predicted octanol–water partition coefficient (Wildman–Crippen LogP) is 5.29. The molecule has 2 nitrogen and oxygen atoms in total. The van der Waals surface area contributed by atoms with Crippen LogP contribution < -0.4 is 0 Å². The van der Waals surface area contributed by atoms with Crippen molar-refractivity contribution in [2.75, 3.05) is 0 Å². The van der Waals surface area contributed by atoms with Crippen molar-refractivity contribution in [2.24, 2.45) is 23.2 Å². The number of ether oxygens (including phenoxy) is 1. The number of esters is 1. The highest BCUT2D eigenvalue weighted by atomic mass is 16.5. The Morgan fingerprint density at radius 2 is 2.09 bits per heavy atom. The number of hydrogen-bond acceptors (Lipinski definition) is 2. The van der Waals surface area contributed by atoms with E-state index in [0.717, 1.165) is 12.8 Å². The summed E-state index contributed by atoms with van der Waals surface area (Å²) in [5, 5.41) is 0. The van der Waals surface area contributed by atoms with Gasteiger partial charge in [-0.2, -0.15) is 0 Å². The van der Waals surface area contributed by atoms with Gasteiger partial charge in [-0.25, -0.2) is 4.79 Å². The summed E-state index contributed by atoms with van der Waals surface area (Å²) in [5.41, 5.74) is 2.27. The molecule has 124 valence electrons. The summed E-state index contributed by atoms with van der Waals surface area (Å²) in [6, 6.07) is 0. The quantitative estimate of drug-likeness (QED) is 0.402. The van der Waals surface area contributed by atoms with Crippen molar-refractivity contribution in [1.29, 1.82) is 0 Å². The molecule has 0 bridgehead atoms. The van der Waals surface area contributed by atoms with Crippen LogP contribution in [0.25, 0.3) is 0 Å². The molecule has 0 aromatic carbocycles. The second kappa shape index (κ2) is 6.60. The minimum Gasteiger partial charge on any atom is -0.458 e. The van der Waals surface area contributed by atoms with Crippen LogP contribution in [-0.4, -0.2) is 12.1 Å². The van der Waals surface area contributed by atoms with Crippen molar-refractivity contribution in [3.8, 4) is 0 Å². The lowest BCUT2D eigenvalue weighted by atomic mass is 9.54. The zero-order valence-electron chi connectivity index (χ0n) is 14.9. The Balaban J connectivity index is 2.32. The van der Waals surface area contributed by atoms with Gasteiger partial charge in [-0.3, -0.25) is 0 Å². The third-order valence-electron chi connectivity index (χ3n) is 6.09. The second-order valence-corrected chi connectivity index (χ2v) is 7.93. The third kappa shape index (κ3) is 3.16. The summed E-state index contributed by atoms with van der Waals surface area (Å²) in [6.45, 7) is 15.0. The van der Waals surface area contributed by atoms with Crippen molar-refractivity contribution >= 4 is 5.97 Å². The average Bonchev–Trinajstić information content (AvgIpc) is 2.45. The van der Waals surface area contributed by atoms with Gasteiger partial charge in [0.2, 0.25) is 0 Å². The SMILES string of the molecule is C=C1CCC[C@]2(C)CC[C@@H](C(C)C)[C@H](OC(=O)/C(C)=C\C)[C@@H]12. The van der Waals surface area contributed by atoms with E-state index in [1.807, 2.05) is 19.9 Å². The Morgan fingerprint density at radius 1 is 1.41 bits per heavy atom. The molecule has 2 saturated carbocycles. The van der Waals surface area contributed by atoms with E-state index in [1.165, 1.54) is 24.8 Å². The highest BCUT2D eigenvalue weighted by Gasteiger charge is 2.51. The van der Waals surface area contributed by atoms with Crippen molar-refractivity contribution in [1.82, 2.24) is 0 Å². The van der Waals surface area contributed by atoms with E-state index in [2.05, 4.69) is 27.4 Å². The Hall–Kier alpha value is -1.05. The Labute approximate surface area is 136 Å². The highest BCUT2D eigenvalue weighted by molar-refractivity contribution is 5.87. The van der Waals surface area contributed by atoms with Crippen LogP contribution in [0.3, 0.4) is 0 Å². The standard InChI is InChI=1S/C20H32O2/c1-7-14(4)19(21)22-18-16(13(2)3)10-12-20(6)11-8-9-15(5)17(18)20/h7,13,16-18H,5,8-12H2,1-4,6H3/b14-7-/t16-,17+,18-,20+/m0/s1. The van der Waals surface area contributed by atoms with Crippen LogP contribution in [0.2, 0.25) is 0 Å². The fraction of sp³-hybridized carbons (Fsp3) is 0.750. The molecule has 0 aromatic rings. The molecule has 2 rings (SSSR count). The molecule has 22 heavy (non-hydrogen) atoms. The molecule has 2 fully saturated rings. The molecule has 0 heterocycles. The maximum absolute atomic E-state index is 12.4. The average molecular weight is 304 g/mol. The van der Waals surface area contributed by atoms with Gasteiger partial charge >= 0.3 is 5.97 Å². The molecule has 0 saturated heterocycles. The molecule has 0 amide bonds. The van der Waals surface area contributed by atoms with Gasteiger partial charge in [0, 0.05) is 11.5 Å². The van der Waals surface area contributed by atoms with E-state index in [9.17, 15) is 4.79 Å². The van der Waals surface area contributed by atoms with Gasteiger partial charge in [0.25, 0.3) is 0 Å². The van der Waals surface area contributed by atoms with Crippen LogP contribution in [0.5, 0.6) is 0 Å². The number of allylic oxidation sites excluding steroid dienone is 1. The highest BCUT2D eigenvalue weighted by Crippen LogP contribution is 2.55. The molecule has 0 radical (unpaired) electrons. The van der Waals surface area contributed by atoms with Crippen LogP contribution in [0.1, 0.15) is 66.7 Å². The Morgan fingerprint density at radius 3 is 2.68 bits per heavy atom. The van der Waals surface area contributed by atoms with Crippen LogP contribution in [-0.2, 0) is 9.53 Å². The van der Waals surface area contributed by atoms with E-state index in [4.69, 9.17) is 4.74 Å². The maximum atomic E-state index is 12.4. The number of fused-ring (bicyclic) bond motifs is 1. The van der Waals surface area contributed by atoms with E-state index >= 15 is 0 Å². The molecule has 0 aliphatic heterocycles. The fourth-order valence-electron chi connectivity index (χ4n) is 4.54. The first-order valence-corrected chi connectivity index (χ1v) is 8.81. The van der Waals surface area contributed by atoms with Gasteiger partial charge in [-0.1, -0.05) is 39.0 Å². The summed E-state index contributed by atoms with van der Waals surface area (Å²) in [7, 11) is 0. The topological polar surface area (TPSA) is 26.3 Å². The van der Waals surface area contributed by atoms with E-state index in [0.29, 0.717) is 23.3 Å². The van der Waals surface area contributed by atoms with Gasteiger partial charge in [0.1, 0.15) is 6.10 Å². The summed E-state index contributed by atoms with van der Waals surface area (Å²) < 4.78 is 6.05. The number of carbonyl (C=O) groups excluding carboxylic acids is 1.